The number of hydrogen-bond acceptors (Lipinski definition) is 40. The SMILES string of the molecule is C.CCC(CO)OC(CO)OC.CCC(CO)OC(CO)OC.CCC(CO)OC(CO)OC.CCC(CO)OC(COC(=O)CCC(=O)NCC(=O)OC)OC.CCC(CO)OC(COC(=O)CCC(=O)O)OC.CCC(CO)OC(COC(=O)CCC(=O)O)OC.COC(=O)CN1C(=O)CCC1=O.COC(=O)CNC(=O)CCC(=O)O.II. The third-order valence-corrected chi connectivity index (χ3v) is 14.4. The molecular weight excluding hydrogens is 1850 g/mol. The molecule has 0 spiro atoms. The monoisotopic (exact) mass is 1990 g/mol. The van der Waals surface area contributed by atoms with Crippen molar-refractivity contribution in [3.8, 4) is 0 Å². The first-order valence-corrected chi connectivity index (χ1v) is 43.3. The highest BCUT2D eigenvalue weighted by atomic mass is 128. The molecule has 0 saturated carbocycles. The van der Waals surface area contributed by atoms with Crippen molar-refractivity contribution < 1.29 is 209 Å². The van der Waals surface area contributed by atoms with Crippen LogP contribution in [-0.2, 0) is 148 Å². The van der Waals surface area contributed by atoms with E-state index in [2.05, 4.69) is 62.1 Å². The number of imide groups is 1. The van der Waals surface area contributed by atoms with Gasteiger partial charge in [0.1, 0.15) is 39.5 Å². The number of nitrogens with one attached hydrogen (secondary N) is 2. The Morgan fingerprint density at radius 2 is 0.533 bits per heavy atom. The van der Waals surface area contributed by atoms with Crippen LogP contribution in [0.25, 0.3) is 0 Å². The van der Waals surface area contributed by atoms with E-state index in [1.165, 1.54) is 64.0 Å². The van der Waals surface area contributed by atoms with E-state index in [9.17, 15) is 62.3 Å². The summed E-state index contributed by atoms with van der Waals surface area (Å²) in [6.45, 7) is 8.90. The Balaban J connectivity index is -0.000000169. The fourth-order valence-electron chi connectivity index (χ4n) is 7.12. The fraction of sp³-hybridized carbons (Fsp3) is 0.819. The molecule has 1 saturated heterocycles. The number of carboxylic acids is 3. The Morgan fingerprint density at radius 3 is 0.725 bits per heavy atom. The largest absolute Gasteiger partial charge is 0.481 e. The van der Waals surface area contributed by atoms with Crippen molar-refractivity contribution >= 4 is 115 Å². The number of hydrogen-bond donors (Lipinski definition) is 14. The molecule has 0 aromatic rings. The summed E-state index contributed by atoms with van der Waals surface area (Å²) in [5.41, 5.74) is 0. The maximum absolute atomic E-state index is 11.5. The molecule has 0 aliphatic carbocycles. The standard InChI is InChI=1S/C14H25NO8.2C11H20O7.C7H11NO5.C7H9NO4.3C7H16O4.CH4.I2/c1-4-10(8-16)23-14(21-3)9-22-12(18)6-5-11(17)15-7-13(19)20-2;2*1-3-8(6-12)18-11(16-2)7-17-10(15)5-4-9(13)14;1-13-7(12)4-8-5(9)2-3-6(10)11;1-12-7(11)4-8-5(9)2-3-6(8)10;3*1-3-6(4-8)11-7(5-9)10-2;;1-2/h10,14,16H,4-9H2,1-3H3,(H,15,17);2*8,11-12H,3-7H2,1-2H3,(H,13,14);2-4H2,1H3,(H,8,9)(H,10,11);2-4H2,1H3;3*6-9H,3-5H2,1-2H3;1H4;. The molecule has 4 amide bonds. The van der Waals surface area contributed by atoms with Gasteiger partial charge in [-0.2, -0.15) is 0 Å². The van der Waals surface area contributed by atoms with Crippen LogP contribution in [0.15, 0.2) is 0 Å². The molecule has 12 atom stereocenters. The molecule has 1 fully saturated rings. The molecule has 1 heterocycles. The van der Waals surface area contributed by atoms with Crippen LogP contribution < -0.4 is 10.6 Å². The number of ether oxygens (including phenoxy) is 18. The number of aliphatic hydroxyl groups is 9. The van der Waals surface area contributed by atoms with Gasteiger partial charge < -0.3 is 157 Å². The van der Waals surface area contributed by atoms with Crippen molar-refractivity contribution in [3.63, 3.8) is 0 Å². The predicted octanol–water partition coefficient (Wildman–Crippen LogP) is -0.260. The van der Waals surface area contributed by atoms with Crippen LogP contribution in [-0.4, -0.2) is 381 Å². The molecule has 120 heavy (non-hydrogen) atoms. The molecule has 46 nitrogen and oxygen atoms in total. The minimum atomic E-state index is -1.06. The van der Waals surface area contributed by atoms with Gasteiger partial charge in [-0.15, -0.1) is 0 Å². The molecule has 0 aromatic heterocycles. The number of carbonyl (C=O) groups excluding carboxylic acids is 10. The number of halogens is 2. The fourth-order valence-corrected chi connectivity index (χ4v) is 7.12. The number of nitrogens with zero attached hydrogens (tertiary/aromatic N) is 1. The van der Waals surface area contributed by atoms with E-state index in [1.54, 1.807) is 0 Å². The zero-order valence-electron chi connectivity index (χ0n) is 70.6. The lowest BCUT2D eigenvalue weighted by Crippen LogP contribution is -2.34. The summed E-state index contributed by atoms with van der Waals surface area (Å²) in [5, 5.41) is 108. The van der Waals surface area contributed by atoms with Gasteiger partial charge in [0.2, 0.25) is 23.6 Å². The summed E-state index contributed by atoms with van der Waals surface area (Å²) >= 11 is 4.24. The first-order valence-electron chi connectivity index (χ1n) is 37.0. The van der Waals surface area contributed by atoms with Crippen molar-refractivity contribution in [2.24, 2.45) is 0 Å². The molecule has 14 N–H and O–H groups in total. The topological polar surface area (TPSA) is 658 Å². The molecular formula is C72H137I2N3O43. The zero-order chi connectivity index (χ0) is 93.1. The van der Waals surface area contributed by atoms with Gasteiger partial charge in [0, 0.05) is 106 Å². The van der Waals surface area contributed by atoms with E-state index in [-0.39, 0.29) is 213 Å². The lowest BCUT2D eigenvalue weighted by Gasteiger charge is -2.21. The average Bonchev–Trinajstić information content (AvgIpc) is 1.73. The Labute approximate surface area is 724 Å². The first kappa shape index (κ1) is 132. The van der Waals surface area contributed by atoms with Gasteiger partial charge in [0.25, 0.3) is 0 Å². The maximum atomic E-state index is 11.5. The van der Waals surface area contributed by atoms with E-state index in [0.29, 0.717) is 38.5 Å². The molecule has 0 radical (unpaired) electrons. The number of aliphatic carboxylic acids is 3. The first-order chi connectivity index (χ1) is 56.6. The highest BCUT2D eigenvalue weighted by Crippen LogP contribution is 2.13. The summed E-state index contributed by atoms with van der Waals surface area (Å²) in [7, 11) is 12.1. The second-order valence-corrected chi connectivity index (χ2v) is 23.0. The average molecular weight is 1990 g/mol. The molecule has 1 rings (SSSR count). The number of amides is 4. The molecule has 0 bridgehead atoms. The van der Waals surface area contributed by atoms with Crippen LogP contribution in [0.4, 0.5) is 0 Å². The van der Waals surface area contributed by atoms with Gasteiger partial charge in [-0.3, -0.25) is 67.2 Å². The van der Waals surface area contributed by atoms with Crippen LogP contribution in [0.2, 0.25) is 0 Å². The quantitative estimate of drug-likeness (QED) is 0.0123. The molecule has 712 valence electrons. The van der Waals surface area contributed by atoms with E-state index in [4.69, 9.17) is 132 Å². The lowest BCUT2D eigenvalue weighted by atomic mass is 10.3. The Morgan fingerprint density at radius 1 is 0.325 bits per heavy atom. The zero-order valence-corrected chi connectivity index (χ0v) is 74.9. The van der Waals surface area contributed by atoms with Crippen molar-refractivity contribution in [2.75, 3.05) is 163 Å². The van der Waals surface area contributed by atoms with Crippen LogP contribution in [0, 0.1) is 0 Å². The Bertz CT molecular complexity index is 2390. The number of carboxylic acid groups (broad SMARTS) is 3. The third-order valence-electron chi connectivity index (χ3n) is 14.4. The van der Waals surface area contributed by atoms with Gasteiger partial charge >= 0.3 is 53.7 Å². The Hall–Kier alpha value is -6.07. The van der Waals surface area contributed by atoms with Crippen molar-refractivity contribution in [1.29, 1.82) is 0 Å². The molecule has 1 aliphatic heterocycles. The summed E-state index contributed by atoms with van der Waals surface area (Å²) in [5.74, 6) is -8.26. The van der Waals surface area contributed by atoms with Crippen molar-refractivity contribution in [3.05, 3.63) is 0 Å². The number of likely N-dealkylation sites (tertiary alicyclic amines) is 1. The van der Waals surface area contributed by atoms with Crippen LogP contribution in [0.5, 0.6) is 0 Å². The van der Waals surface area contributed by atoms with Crippen LogP contribution in [0.1, 0.15) is 152 Å². The Kier molecular flexibility index (Phi) is 103. The van der Waals surface area contributed by atoms with Gasteiger partial charge in [-0.1, -0.05) is 49.0 Å². The van der Waals surface area contributed by atoms with Crippen LogP contribution >= 0.6 is 37.2 Å². The van der Waals surface area contributed by atoms with Gasteiger partial charge in [0.15, 0.2) is 37.7 Å². The minimum absolute atomic E-state index is 0. The molecule has 1 aliphatic rings. The van der Waals surface area contributed by atoms with Gasteiger partial charge in [-0.25, -0.2) is 0 Å². The second kappa shape index (κ2) is 93.6. The summed E-state index contributed by atoms with van der Waals surface area (Å²) in [6, 6.07) is 0. The van der Waals surface area contributed by atoms with Crippen molar-refractivity contribution in [1.82, 2.24) is 15.5 Å². The van der Waals surface area contributed by atoms with E-state index in [0.717, 1.165) is 4.90 Å². The van der Waals surface area contributed by atoms with E-state index >= 15 is 0 Å². The molecule has 12 unspecified atom stereocenters. The van der Waals surface area contributed by atoms with E-state index in [1.807, 2.05) is 41.5 Å². The molecule has 0 aromatic carbocycles. The number of esters is 6. The minimum Gasteiger partial charge on any atom is -0.481 e. The third kappa shape index (κ3) is 84.2. The van der Waals surface area contributed by atoms with Gasteiger partial charge in [0.05, 0.1) is 156 Å². The summed E-state index contributed by atoms with van der Waals surface area (Å²) in [4.78, 5) is 141. The number of carbonyl (C=O) groups is 13. The number of methoxy groups -OCH3 is 9. The molecule has 48 heteroatoms. The number of rotatable bonds is 57. The number of aliphatic hydroxyl groups excluding tert-OH is 9. The maximum Gasteiger partial charge on any atom is 0.325 e. The van der Waals surface area contributed by atoms with E-state index < -0.39 is 109 Å². The summed E-state index contributed by atoms with van der Waals surface area (Å²) < 4.78 is 88.0. The van der Waals surface area contributed by atoms with Crippen molar-refractivity contribution in [2.45, 2.75) is 226 Å². The lowest BCUT2D eigenvalue weighted by molar-refractivity contribution is -0.195. The highest BCUT2D eigenvalue weighted by Gasteiger charge is 2.31. The van der Waals surface area contributed by atoms with Gasteiger partial charge in [-0.05, 0) is 38.5 Å². The summed E-state index contributed by atoms with van der Waals surface area (Å²) in [6.07, 6.45) is -3.31. The van der Waals surface area contributed by atoms with Crippen LogP contribution in [0.3, 0.4) is 0 Å². The predicted molar refractivity (Wildman–Crippen MR) is 435 cm³/mol. The highest BCUT2D eigenvalue weighted by molar-refractivity contribution is 15.0. The normalized spacial score (nSPS) is 13.9. The second-order valence-electron chi connectivity index (χ2n) is 23.0. The smallest absolute Gasteiger partial charge is 0.325 e.